The lowest BCUT2D eigenvalue weighted by Crippen LogP contribution is -2.61. The molecule has 0 aromatic carbocycles. The summed E-state index contributed by atoms with van der Waals surface area (Å²) in [5, 5.41) is 3.47. The maximum absolute atomic E-state index is 12.4. The van der Waals surface area contributed by atoms with Gasteiger partial charge in [0, 0.05) is 23.9 Å². The Morgan fingerprint density at radius 3 is 2.17 bits per heavy atom. The summed E-state index contributed by atoms with van der Waals surface area (Å²) in [7, 11) is 0. The van der Waals surface area contributed by atoms with Crippen molar-refractivity contribution in [2.45, 2.75) is 64.1 Å². The van der Waals surface area contributed by atoms with Crippen molar-refractivity contribution >= 4 is 11.8 Å². The molecule has 2 bridgehead atoms. The molecule has 0 aromatic rings. The van der Waals surface area contributed by atoms with Gasteiger partial charge in [-0.3, -0.25) is 14.5 Å². The largest absolute Gasteiger partial charge is 0.310 e. The molecule has 0 aromatic heterocycles. The molecular formula is C14H22N2O2. The van der Waals surface area contributed by atoms with Gasteiger partial charge in [0.1, 0.15) is 0 Å². The van der Waals surface area contributed by atoms with E-state index in [0.29, 0.717) is 6.04 Å². The summed E-state index contributed by atoms with van der Waals surface area (Å²) in [5.74, 6) is 0.447. The van der Waals surface area contributed by atoms with Crippen molar-refractivity contribution in [1.82, 2.24) is 10.2 Å². The predicted octanol–water partition coefficient (Wildman–Crippen LogP) is 1.30. The van der Waals surface area contributed by atoms with Crippen LogP contribution in [0.5, 0.6) is 0 Å². The Kier molecular flexibility index (Phi) is 2.93. The van der Waals surface area contributed by atoms with Gasteiger partial charge in [0.2, 0.25) is 11.8 Å². The first-order valence-corrected chi connectivity index (χ1v) is 7.21. The normalized spacial score (nSPS) is 44.6. The van der Waals surface area contributed by atoms with E-state index >= 15 is 0 Å². The molecule has 1 N–H and O–H groups in total. The molecule has 2 amide bonds. The number of hydrogen-bond donors (Lipinski definition) is 1. The van der Waals surface area contributed by atoms with E-state index in [4.69, 9.17) is 0 Å². The van der Waals surface area contributed by atoms with Gasteiger partial charge in [0.15, 0.2) is 0 Å². The van der Waals surface area contributed by atoms with Crippen molar-refractivity contribution in [3.8, 4) is 0 Å². The van der Waals surface area contributed by atoms with Crippen molar-refractivity contribution in [2.24, 2.45) is 11.8 Å². The molecule has 4 nitrogen and oxygen atoms in total. The molecule has 5 unspecified atom stereocenters. The standard InChI is InChI=1S/C14H22N2O2/c1-8-3-6-12(9(2)15-8)16-13(17)10-4-5-11(7-10)14(16)18/h8-12,15H,3-7H2,1-2H3. The van der Waals surface area contributed by atoms with Crippen molar-refractivity contribution < 1.29 is 9.59 Å². The molecule has 2 aliphatic heterocycles. The maximum Gasteiger partial charge on any atom is 0.232 e. The molecule has 1 saturated carbocycles. The number of nitrogens with one attached hydrogen (secondary N) is 1. The number of hydrogen-bond acceptors (Lipinski definition) is 3. The second-order valence-corrected chi connectivity index (χ2v) is 6.25. The minimum atomic E-state index is 0.0737. The van der Waals surface area contributed by atoms with Gasteiger partial charge >= 0.3 is 0 Å². The molecule has 5 atom stereocenters. The van der Waals surface area contributed by atoms with E-state index in [-0.39, 0.29) is 35.7 Å². The van der Waals surface area contributed by atoms with Crippen LogP contribution in [0.1, 0.15) is 46.0 Å². The van der Waals surface area contributed by atoms with Crippen LogP contribution < -0.4 is 5.32 Å². The topological polar surface area (TPSA) is 49.4 Å². The van der Waals surface area contributed by atoms with Crippen LogP contribution in [0.2, 0.25) is 0 Å². The van der Waals surface area contributed by atoms with Crippen LogP contribution in [0, 0.1) is 11.8 Å². The zero-order valence-electron chi connectivity index (χ0n) is 11.2. The number of nitrogens with zero attached hydrogens (tertiary/aromatic N) is 1. The van der Waals surface area contributed by atoms with E-state index in [9.17, 15) is 9.59 Å². The molecule has 2 saturated heterocycles. The summed E-state index contributed by atoms with van der Waals surface area (Å²) < 4.78 is 0. The van der Waals surface area contributed by atoms with Crippen molar-refractivity contribution in [3.05, 3.63) is 0 Å². The van der Waals surface area contributed by atoms with Gasteiger partial charge < -0.3 is 5.32 Å². The van der Waals surface area contributed by atoms with Gasteiger partial charge in [0.25, 0.3) is 0 Å². The SMILES string of the molecule is CC1CCC(N2C(=O)C3CCC(C3)C2=O)C(C)N1. The first-order valence-electron chi connectivity index (χ1n) is 7.21. The van der Waals surface area contributed by atoms with Gasteiger partial charge in [-0.25, -0.2) is 0 Å². The lowest BCUT2D eigenvalue weighted by Gasteiger charge is -2.43. The molecule has 3 aliphatic rings. The summed E-state index contributed by atoms with van der Waals surface area (Å²) in [6.45, 7) is 4.26. The Morgan fingerprint density at radius 1 is 1.00 bits per heavy atom. The zero-order chi connectivity index (χ0) is 12.9. The third-order valence-corrected chi connectivity index (χ3v) is 4.96. The number of likely N-dealkylation sites (tertiary alicyclic amines) is 1. The Bertz CT molecular complexity index is 360. The number of imide groups is 1. The fraction of sp³-hybridized carbons (Fsp3) is 0.857. The van der Waals surface area contributed by atoms with Gasteiger partial charge in [-0.1, -0.05) is 0 Å². The molecular weight excluding hydrogens is 228 g/mol. The van der Waals surface area contributed by atoms with Crippen LogP contribution in [0.15, 0.2) is 0 Å². The van der Waals surface area contributed by atoms with Crippen LogP contribution in [0.3, 0.4) is 0 Å². The summed E-state index contributed by atoms with van der Waals surface area (Å²) >= 11 is 0. The van der Waals surface area contributed by atoms with Crippen molar-refractivity contribution in [3.63, 3.8) is 0 Å². The van der Waals surface area contributed by atoms with Crippen LogP contribution >= 0.6 is 0 Å². The first kappa shape index (κ1) is 12.2. The highest BCUT2D eigenvalue weighted by molar-refractivity contribution is 6.01. The number of rotatable bonds is 1. The Balaban J connectivity index is 1.82. The number of carbonyl (C=O) groups is 2. The second-order valence-electron chi connectivity index (χ2n) is 6.25. The van der Waals surface area contributed by atoms with Gasteiger partial charge in [-0.15, -0.1) is 0 Å². The molecule has 3 rings (SSSR count). The summed E-state index contributed by atoms with van der Waals surface area (Å²) in [4.78, 5) is 26.4. The lowest BCUT2D eigenvalue weighted by atomic mass is 9.89. The Labute approximate surface area is 108 Å². The highest BCUT2D eigenvalue weighted by Gasteiger charge is 2.49. The van der Waals surface area contributed by atoms with Crippen LogP contribution in [-0.2, 0) is 9.59 Å². The fourth-order valence-electron chi connectivity index (χ4n) is 3.93. The highest BCUT2D eigenvalue weighted by atomic mass is 16.2. The lowest BCUT2D eigenvalue weighted by molar-refractivity contribution is -0.157. The average molecular weight is 250 g/mol. The number of carbonyl (C=O) groups excluding carboxylic acids is 2. The minimum absolute atomic E-state index is 0.0737. The third-order valence-electron chi connectivity index (χ3n) is 4.96. The highest BCUT2D eigenvalue weighted by Crippen LogP contribution is 2.40. The molecule has 100 valence electrons. The predicted molar refractivity (Wildman–Crippen MR) is 67.8 cm³/mol. The molecule has 0 spiro atoms. The van der Waals surface area contributed by atoms with E-state index in [0.717, 1.165) is 32.1 Å². The number of amides is 2. The molecule has 2 heterocycles. The van der Waals surface area contributed by atoms with E-state index in [1.165, 1.54) is 0 Å². The molecule has 3 fully saturated rings. The van der Waals surface area contributed by atoms with E-state index < -0.39 is 0 Å². The summed E-state index contributed by atoms with van der Waals surface area (Å²) in [5.41, 5.74) is 0. The molecule has 1 aliphatic carbocycles. The van der Waals surface area contributed by atoms with E-state index in [1.54, 1.807) is 4.90 Å². The van der Waals surface area contributed by atoms with Crippen LogP contribution in [0.25, 0.3) is 0 Å². The van der Waals surface area contributed by atoms with Crippen LogP contribution in [-0.4, -0.2) is 34.8 Å². The zero-order valence-corrected chi connectivity index (χ0v) is 11.2. The monoisotopic (exact) mass is 250 g/mol. The molecule has 0 radical (unpaired) electrons. The van der Waals surface area contributed by atoms with E-state index in [1.807, 2.05) is 0 Å². The Morgan fingerprint density at radius 2 is 1.61 bits per heavy atom. The van der Waals surface area contributed by atoms with E-state index in [2.05, 4.69) is 19.2 Å². The molecule has 18 heavy (non-hydrogen) atoms. The first-order chi connectivity index (χ1) is 8.58. The van der Waals surface area contributed by atoms with Gasteiger partial charge in [-0.2, -0.15) is 0 Å². The second kappa shape index (κ2) is 4.34. The van der Waals surface area contributed by atoms with Gasteiger partial charge in [0.05, 0.1) is 6.04 Å². The van der Waals surface area contributed by atoms with Crippen molar-refractivity contribution in [1.29, 1.82) is 0 Å². The Hall–Kier alpha value is -0.900. The quantitative estimate of drug-likeness (QED) is 0.714. The third kappa shape index (κ3) is 1.78. The maximum atomic E-state index is 12.4. The van der Waals surface area contributed by atoms with Gasteiger partial charge in [-0.05, 0) is 46.0 Å². The average Bonchev–Trinajstić information content (AvgIpc) is 2.76. The summed E-state index contributed by atoms with van der Waals surface area (Å²) in [6, 6.07) is 0.784. The minimum Gasteiger partial charge on any atom is -0.310 e. The smallest absolute Gasteiger partial charge is 0.232 e. The fourth-order valence-corrected chi connectivity index (χ4v) is 3.93. The number of fused-ring (bicyclic) bond motifs is 2. The number of piperidine rings is 2. The molecule has 4 heteroatoms. The summed E-state index contributed by atoms with van der Waals surface area (Å²) in [6.07, 6.45) is 4.63. The van der Waals surface area contributed by atoms with Crippen LogP contribution in [0.4, 0.5) is 0 Å². The van der Waals surface area contributed by atoms with Crippen molar-refractivity contribution in [2.75, 3.05) is 0 Å².